The summed E-state index contributed by atoms with van der Waals surface area (Å²) in [6.45, 7) is 2.86. The van der Waals surface area contributed by atoms with Gasteiger partial charge in [0.1, 0.15) is 12.4 Å². The van der Waals surface area contributed by atoms with Crippen LogP contribution in [0.3, 0.4) is 0 Å². The first-order valence-electron chi connectivity index (χ1n) is 8.22. The first kappa shape index (κ1) is 16.8. The standard InChI is InChI=1S/C19H19N3O3/c1-2-22-16-8-4-3-7-15(16)21-18(22)13-25-19(24)10-9-17(23)14-6-5-11-20-12-14/h3-8,11-12H,2,9-10,13H2,1H3. The number of nitrogens with zero attached hydrogens (tertiary/aromatic N) is 3. The van der Waals surface area contributed by atoms with Crippen molar-refractivity contribution < 1.29 is 14.3 Å². The molecule has 6 nitrogen and oxygen atoms in total. The summed E-state index contributed by atoms with van der Waals surface area (Å²) in [7, 11) is 0. The average Bonchev–Trinajstić information content (AvgIpc) is 3.02. The Bertz CT molecular complexity index is 887. The highest BCUT2D eigenvalue weighted by Crippen LogP contribution is 2.16. The number of rotatable bonds is 7. The Balaban J connectivity index is 1.57. The van der Waals surface area contributed by atoms with Crippen LogP contribution in [0.4, 0.5) is 0 Å². The number of carbonyl (C=O) groups excluding carboxylic acids is 2. The molecule has 0 amide bonds. The van der Waals surface area contributed by atoms with Gasteiger partial charge in [-0.25, -0.2) is 4.98 Å². The molecular weight excluding hydrogens is 318 g/mol. The third kappa shape index (κ3) is 3.91. The molecule has 0 atom stereocenters. The van der Waals surface area contributed by atoms with E-state index in [9.17, 15) is 9.59 Å². The molecule has 0 aliphatic carbocycles. The molecule has 0 aliphatic rings. The highest BCUT2D eigenvalue weighted by molar-refractivity contribution is 5.97. The fraction of sp³-hybridized carbons (Fsp3) is 0.263. The third-order valence-corrected chi connectivity index (χ3v) is 3.95. The molecule has 0 saturated heterocycles. The van der Waals surface area contributed by atoms with Crippen molar-refractivity contribution in [1.29, 1.82) is 0 Å². The maximum Gasteiger partial charge on any atom is 0.306 e. The van der Waals surface area contributed by atoms with Crippen LogP contribution in [0.25, 0.3) is 11.0 Å². The maximum absolute atomic E-state index is 12.0. The van der Waals surface area contributed by atoms with Crippen LogP contribution in [0.5, 0.6) is 0 Å². The summed E-state index contributed by atoms with van der Waals surface area (Å²) in [5.74, 6) is 0.174. The summed E-state index contributed by atoms with van der Waals surface area (Å²) in [5.41, 5.74) is 2.40. The Morgan fingerprint density at radius 3 is 2.72 bits per heavy atom. The van der Waals surface area contributed by atoms with Crippen LogP contribution in [0.2, 0.25) is 0 Å². The molecule has 0 saturated carbocycles. The zero-order valence-corrected chi connectivity index (χ0v) is 14.0. The van der Waals surface area contributed by atoms with Gasteiger partial charge in [0.25, 0.3) is 0 Å². The third-order valence-electron chi connectivity index (χ3n) is 3.95. The molecular formula is C19H19N3O3. The minimum Gasteiger partial charge on any atom is -0.457 e. The molecule has 128 valence electrons. The Morgan fingerprint density at radius 2 is 1.96 bits per heavy atom. The Labute approximate surface area is 145 Å². The molecule has 0 unspecified atom stereocenters. The number of hydrogen-bond acceptors (Lipinski definition) is 5. The highest BCUT2D eigenvalue weighted by atomic mass is 16.5. The summed E-state index contributed by atoms with van der Waals surface area (Å²) >= 11 is 0. The second-order valence-corrected chi connectivity index (χ2v) is 5.59. The van der Waals surface area contributed by atoms with E-state index in [0.29, 0.717) is 11.4 Å². The quantitative estimate of drug-likeness (QED) is 0.489. The molecule has 25 heavy (non-hydrogen) atoms. The molecule has 0 spiro atoms. The van der Waals surface area contributed by atoms with Crippen molar-refractivity contribution in [2.45, 2.75) is 32.9 Å². The average molecular weight is 337 g/mol. The second-order valence-electron chi connectivity index (χ2n) is 5.59. The number of hydrogen-bond donors (Lipinski definition) is 0. The van der Waals surface area contributed by atoms with Crippen molar-refractivity contribution in [1.82, 2.24) is 14.5 Å². The Kier molecular flexibility index (Phi) is 5.18. The van der Waals surface area contributed by atoms with Gasteiger partial charge in [0.15, 0.2) is 5.78 Å². The monoisotopic (exact) mass is 337 g/mol. The Morgan fingerprint density at radius 1 is 1.12 bits per heavy atom. The van der Waals surface area contributed by atoms with Crippen LogP contribution in [0.1, 0.15) is 35.9 Å². The normalized spacial score (nSPS) is 10.8. The van der Waals surface area contributed by atoms with Crippen LogP contribution in [-0.2, 0) is 22.7 Å². The number of aromatic nitrogens is 3. The molecule has 0 aliphatic heterocycles. The largest absolute Gasteiger partial charge is 0.457 e. The molecule has 0 N–H and O–H groups in total. The van der Waals surface area contributed by atoms with Crippen LogP contribution in [0.15, 0.2) is 48.8 Å². The van der Waals surface area contributed by atoms with E-state index in [-0.39, 0.29) is 25.2 Å². The summed E-state index contributed by atoms with van der Waals surface area (Å²) in [6.07, 6.45) is 3.25. The predicted molar refractivity (Wildman–Crippen MR) is 93.0 cm³/mol. The van der Waals surface area contributed by atoms with Crippen LogP contribution >= 0.6 is 0 Å². The summed E-state index contributed by atoms with van der Waals surface area (Å²) in [4.78, 5) is 32.3. The van der Waals surface area contributed by atoms with E-state index in [1.807, 2.05) is 35.8 Å². The van der Waals surface area contributed by atoms with E-state index in [1.165, 1.54) is 6.20 Å². The molecule has 0 fully saturated rings. The van der Waals surface area contributed by atoms with Gasteiger partial charge in [-0.1, -0.05) is 12.1 Å². The lowest BCUT2D eigenvalue weighted by molar-refractivity contribution is -0.145. The molecule has 2 heterocycles. The fourth-order valence-electron chi connectivity index (χ4n) is 2.69. The lowest BCUT2D eigenvalue weighted by atomic mass is 10.1. The maximum atomic E-state index is 12.0. The van der Waals surface area contributed by atoms with Crippen LogP contribution in [0, 0.1) is 0 Å². The van der Waals surface area contributed by atoms with Crippen molar-refractivity contribution >= 4 is 22.8 Å². The zero-order valence-electron chi connectivity index (χ0n) is 14.0. The molecule has 6 heteroatoms. The van der Waals surface area contributed by atoms with Gasteiger partial charge in [0, 0.05) is 30.9 Å². The number of pyridine rings is 1. The van der Waals surface area contributed by atoms with Gasteiger partial charge in [-0.15, -0.1) is 0 Å². The molecule has 3 rings (SSSR count). The topological polar surface area (TPSA) is 74.1 Å². The lowest BCUT2D eigenvalue weighted by Gasteiger charge is -2.07. The van der Waals surface area contributed by atoms with Gasteiger partial charge in [0.05, 0.1) is 17.5 Å². The number of benzene rings is 1. The van der Waals surface area contributed by atoms with Crippen LogP contribution < -0.4 is 0 Å². The second kappa shape index (κ2) is 7.70. The molecule has 2 aromatic heterocycles. The van der Waals surface area contributed by atoms with Crippen molar-refractivity contribution in [2.75, 3.05) is 0 Å². The number of fused-ring (bicyclic) bond motifs is 1. The van der Waals surface area contributed by atoms with Crippen molar-refractivity contribution in [3.8, 4) is 0 Å². The highest BCUT2D eigenvalue weighted by Gasteiger charge is 2.13. The SMILES string of the molecule is CCn1c(COC(=O)CCC(=O)c2cccnc2)nc2ccccc21. The minimum absolute atomic E-state index is 0.0417. The number of ketones is 1. The van der Waals surface area contributed by atoms with Gasteiger partial charge in [-0.2, -0.15) is 0 Å². The molecule has 0 bridgehead atoms. The minimum atomic E-state index is -0.410. The van der Waals surface area contributed by atoms with E-state index >= 15 is 0 Å². The van der Waals surface area contributed by atoms with E-state index in [2.05, 4.69) is 9.97 Å². The van der Waals surface area contributed by atoms with E-state index < -0.39 is 5.97 Å². The fourth-order valence-corrected chi connectivity index (χ4v) is 2.69. The number of imidazole rings is 1. The Hall–Kier alpha value is -3.02. The molecule has 0 radical (unpaired) electrons. The van der Waals surface area contributed by atoms with Crippen molar-refractivity contribution in [2.24, 2.45) is 0 Å². The number of para-hydroxylation sites is 2. The molecule has 1 aromatic carbocycles. The number of esters is 1. The number of ether oxygens (including phenoxy) is 1. The zero-order chi connectivity index (χ0) is 17.6. The smallest absolute Gasteiger partial charge is 0.306 e. The van der Waals surface area contributed by atoms with Gasteiger partial charge < -0.3 is 9.30 Å². The predicted octanol–water partition coefficient (Wildman–Crippen LogP) is 3.16. The summed E-state index contributed by atoms with van der Waals surface area (Å²) < 4.78 is 7.31. The van der Waals surface area contributed by atoms with Crippen molar-refractivity contribution in [3.05, 3.63) is 60.2 Å². The molecule has 3 aromatic rings. The summed E-state index contributed by atoms with van der Waals surface area (Å²) in [6, 6.07) is 11.2. The lowest BCUT2D eigenvalue weighted by Crippen LogP contribution is -2.11. The van der Waals surface area contributed by atoms with Crippen molar-refractivity contribution in [3.63, 3.8) is 0 Å². The first-order chi connectivity index (χ1) is 12.2. The van der Waals surface area contributed by atoms with E-state index in [0.717, 1.165) is 17.6 Å². The number of Topliss-reactive ketones (excluding diaryl/α,β-unsaturated/α-hetero) is 1. The van der Waals surface area contributed by atoms with Gasteiger partial charge in [-0.3, -0.25) is 14.6 Å². The van der Waals surface area contributed by atoms with Gasteiger partial charge in [-0.05, 0) is 31.2 Å². The van der Waals surface area contributed by atoms with Crippen LogP contribution in [-0.4, -0.2) is 26.3 Å². The van der Waals surface area contributed by atoms with E-state index in [4.69, 9.17) is 4.74 Å². The van der Waals surface area contributed by atoms with Gasteiger partial charge in [0.2, 0.25) is 0 Å². The number of aryl methyl sites for hydroxylation is 1. The first-order valence-corrected chi connectivity index (χ1v) is 8.22. The number of carbonyl (C=O) groups is 2. The van der Waals surface area contributed by atoms with E-state index in [1.54, 1.807) is 18.3 Å². The summed E-state index contributed by atoms with van der Waals surface area (Å²) in [5, 5.41) is 0. The van der Waals surface area contributed by atoms with Gasteiger partial charge >= 0.3 is 5.97 Å².